The molecule has 4 rings (SSSR count). The minimum Gasteiger partial charge on any atom is -0.398 e. The number of rotatable bonds is 1. The fraction of sp³-hybridized carbons (Fsp3) is 0.235. The molecule has 4 heteroatoms. The molecule has 0 atom stereocenters. The van der Waals surface area contributed by atoms with Gasteiger partial charge in [-0.3, -0.25) is 0 Å². The smallest absolute Gasteiger partial charge is 0.206 e. The minimum atomic E-state index is 0.833. The largest absolute Gasteiger partial charge is 0.398 e. The molecular weight excluding hydrogens is 260 g/mol. The van der Waals surface area contributed by atoms with Crippen LogP contribution in [-0.4, -0.2) is 16.1 Å². The van der Waals surface area contributed by atoms with Crippen LogP contribution in [0.2, 0.25) is 0 Å². The van der Waals surface area contributed by atoms with Gasteiger partial charge in [-0.25, -0.2) is 4.98 Å². The summed E-state index contributed by atoms with van der Waals surface area (Å²) in [4.78, 5) is 7.10. The van der Waals surface area contributed by atoms with Gasteiger partial charge in [-0.05, 0) is 35.7 Å². The molecule has 1 aromatic heterocycles. The van der Waals surface area contributed by atoms with Gasteiger partial charge in [0, 0.05) is 25.8 Å². The van der Waals surface area contributed by atoms with Crippen molar-refractivity contribution in [2.75, 3.05) is 17.2 Å². The van der Waals surface area contributed by atoms with E-state index in [1.165, 1.54) is 16.6 Å². The van der Waals surface area contributed by atoms with Crippen molar-refractivity contribution in [2.45, 2.75) is 13.0 Å². The van der Waals surface area contributed by atoms with Gasteiger partial charge < -0.3 is 15.2 Å². The monoisotopic (exact) mass is 278 g/mol. The van der Waals surface area contributed by atoms with Gasteiger partial charge >= 0.3 is 0 Å². The standard InChI is InChI=1S/C17H18N4/c1-20-16-8-3-2-7-15(16)19-17(20)21-10-9-12-5-4-6-14(18)13(12)11-21/h2-8H,9-11,18H2,1H3. The van der Waals surface area contributed by atoms with E-state index in [-0.39, 0.29) is 0 Å². The molecule has 0 spiro atoms. The molecule has 0 fully saturated rings. The van der Waals surface area contributed by atoms with Crippen molar-refractivity contribution in [3.8, 4) is 0 Å². The number of hydrogen-bond donors (Lipinski definition) is 1. The highest BCUT2D eigenvalue weighted by atomic mass is 15.3. The maximum atomic E-state index is 6.14. The van der Waals surface area contributed by atoms with Crippen LogP contribution in [0.5, 0.6) is 0 Å². The number of fused-ring (bicyclic) bond motifs is 2. The van der Waals surface area contributed by atoms with E-state index in [9.17, 15) is 0 Å². The van der Waals surface area contributed by atoms with Gasteiger partial charge in [0.05, 0.1) is 11.0 Å². The Balaban J connectivity index is 1.77. The lowest BCUT2D eigenvalue weighted by atomic mass is 9.98. The number of benzene rings is 2. The van der Waals surface area contributed by atoms with Crippen LogP contribution in [0.15, 0.2) is 42.5 Å². The van der Waals surface area contributed by atoms with Crippen LogP contribution in [0.4, 0.5) is 11.6 Å². The highest BCUT2D eigenvalue weighted by Gasteiger charge is 2.22. The van der Waals surface area contributed by atoms with E-state index in [4.69, 9.17) is 10.7 Å². The lowest BCUT2D eigenvalue weighted by Gasteiger charge is -2.30. The summed E-state index contributed by atoms with van der Waals surface area (Å²) >= 11 is 0. The fourth-order valence-corrected chi connectivity index (χ4v) is 3.19. The molecule has 0 amide bonds. The van der Waals surface area contributed by atoms with E-state index in [1.54, 1.807) is 0 Å². The molecule has 1 aliphatic heterocycles. The maximum absolute atomic E-state index is 6.14. The molecule has 0 unspecified atom stereocenters. The van der Waals surface area contributed by atoms with Gasteiger partial charge in [0.25, 0.3) is 0 Å². The molecule has 2 aromatic carbocycles. The SMILES string of the molecule is Cn1c(N2CCc3cccc(N)c3C2)nc2ccccc21. The number of para-hydroxylation sites is 2. The second kappa shape index (κ2) is 4.52. The van der Waals surface area contributed by atoms with E-state index >= 15 is 0 Å². The van der Waals surface area contributed by atoms with E-state index in [2.05, 4.69) is 40.8 Å². The van der Waals surface area contributed by atoms with Crippen LogP contribution >= 0.6 is 0 Å². The molecule has 2 heterocycles. The van der Waals surface area contributed by atoms with Crippen LogP contribution in [0, 0.1) is 0 Å². The molecule has 21 heavy (non-hydrogen) atoms. The van der Waals surface area contributed by atoms with Crippen molar-refractivity contribution in [3.63, 3.8) is 0 Å². The Morgan fingerprint density at radius 1 is 1.10 bits per heavy atom. The van der Waals surface area contributed by atoms with Gasteiger partial charge in [-0.2, -0.15) is 0 Å². The predicted molar refractivity (Wildman–Crippen MR) is 86.3 cm³/mol. The number of nitrogen functional groups attached to an aromatic ring is 1. The molecule has 106 valence electrons. The summed E-state index contributed by atoms with van der Waals surface area (Å²) in [5.74, 6) is 1.02. The molecule has 0 bridgehead atoms. The van der Waals surface area contributed by atoms with Gasteiger partial charge in [0.2, 0.25) is 5.95 Å². The number of aryl methyl sites for hydroxylation is 1. The Morgan fingerprint density at radius 3 is 2.81 bits per heavy atom. The van der Waals surface area contributed by atoms with Crippen molar-refractivity contribution in [3.05, 3.63) is 53.6 Å². The summed E-state index contributed by atoms with van der Waals surface area (Å²) in [6.45, 7) is 1.81. The molecule has 0 aliphatic carbocycles. The summed E-state index contributed by atoms with van der Waals surface area (Å²) in [6.07, 6.45) is 1.02. The molecule has 0 saturated heterocycles. The summed E-state index contributed by atoms with van der Waals surface area (Å²) < 4.78 is 2.17. The second-order valence-electron chi connectivity index (χ2n) is 5.62. The summed E-state index contributed by atoms with van der Waals surface area (Å²) in [5.41, 5.74) is 11.8. The minimum absolute atomic E-state index is 0.833. The average Bonchev–Trinajstić information content (AvgIpc) is 2.85. The van der Waals surface area contributed by atoms with Crippen molar-refractivity contribution >= 4 is 22.7 Å². The van der Waals surface area contributed by atoms with Crippen LogP contribution in [0.25, 0.3) is 11.0 Å². The highest BCUT2D eigenvalue weighted by Crippen LogP contribution is 2.29. The first-order valence-corrected chi connectivity index (χ1v) is 7.26. The number of hydrogen-bond acceptors (Lipinski definition) is 3. The van der Waals surface area contributed by atoms with E-state index < -0.39 is 0 Å². The molecule has 0 saturated carbocycles. The average molecular weight is 278 g/mol. The normalized spacial score (nSPS) is 14.4. The summed E-state index contributed by atoms with van der Waals surface area (Å²) in [6, 6.07) is 14.5. The number of nitrogens with zero attached hydrogens (tertiary/aromatic N) is 3. The van der Waals surface area contributed by atoms with Crippen molar-refractivity contribution in [1.82, 2.24) is 9.55 Å². The number of imidazole rings is 1. The Morgan fingerprint density at radius 2 is 1.95 bits per heavy atom. The van der Waals surface area contributed by atoms with Gasteiger partial charge in [0.15, 0.2) is 0 Å². The lowest BCUT2D eigenvalue weighted by Crippen LogP contribution is -2.32. The quantitative estimate of drug-likeness (QED) is 0.696. The van der Waals surface area contributed by atoms with Crippen LogP contribution in [-0.2, 0) is 20.0 Å². The highest BCUT2D eigenvalue weighted by molar-refractivity contribution is 5.78. The number of aromatic nitrogens is 2. The maximum Gasteiger partial charge on any atom is 0.206 e. The third kappa shape index (κ3) is 1.87. The van der Waals surface area contributed by atoms with E-state index in [0.29, 0.717) is 0 Å². The van der Waals surface area contributed by atoms with Gasteiger partial charge in [-0.15, -0.1) is 0 Å². The summed E-state index contributed by atoms with van der Waals surface area (Å²) in [5, 5.41) is 0. The molecule has 3 aromatic rings. The molecule has 1 aliphatic rings. The zero-order valence-electron chi connectivity index (χ0n) is 12.1. The fourth-order valence-electron chi connectivity index (χ4n) is 3.19. The third-order valence-electron chi connectivity index (χ3n) is 4.36. The lowest BCUT2D eigenvalue weighted by molar-refractivity contribution is 0.694. The molecule has 4 nitrogen and oxygen atoms in total. The topological polar surface area (TPSA) is 47.1 Å². The van der Waals surface area contributed by atoms with Crippen molar-refractivity contribution in [2.24, 2.45) is 7.05 Å². The third-order valence-corrected chi connectivity index (χ3v) is 4.36. The van der Waals surface area contributed by atoms with E-state index in [1.807, 2.05) is 18.2 Å². The first kappa shape index (κ1) is 12.3. The van der Waals surface area contributed by atoms with Gasteiger partial charge in [-0.1, -0.05) is 24.3 Å². The Hall–Kier alpha value is -2.49. The second-order valence-corrected chi connectivity index (χ2v) is 5.62. The Kier molecular flexibility index (Phi) is 2.64. The van der Waals surface area contributed by atoms with Crippen LogP contribution in [0.1, 0.15) is 11.1 Å². The van der Waals surface area contributed by atoms with E-state index in [0.717, 1.165) is 36.7 Å². The van der Waals surface area contributed by atoms with Crippen molar-refractivity contribution in [1.29, 1.82) is 0 Å². The van der Waals surface area contributed by atoms with Crippen LogP contribution in [0.3, 0.4) is 0 Å². The van der Waals surface area contributed by atoms with Crippen molar-refractivity contribution < 1.29 is 0 Å². The number of nitrogens with two attached hydrogens (primary N) is 1. The van der Waals surface area contributed by atoms with Crippen LogP contribution < -0.4 is 10.6 Å². The summed E-state index contributed by atoms with van der Waals surface area (Å²) in [7, 11) is 2.08. The first-order valence-electron chi connectivity index (χ1n) is 7.26. The Labute approximate surface area is 123 Å². The number of anilines is 2. The zero-order chi connectivity index (χ0) is 14.4. The molecule has 2 N–H and O–H groups in total. The molecular formula is C17H18N4. The van der Waals surface area contributed by atoms with Gasteiger partial charge in [0.1, 0.15) is 0 Å². The first-order chi connectivity index (χ1) is 10.2. The predicted octanol–water partition coefficient (Wildman–Crippen LogP) is 2.72. The molecule has 0 radical (unpaired) electrons. The zero-order valence-corrected chi connectivity index (χ0v) is 12.1. The Bertz CT molecular complexity index is 819.